The van der Waals surface area contributed by atoms with E-state index in [2.05, 4.69) is 5.32 Å². The van der Waals surface area contributed by atoms with Crippen LogP contribution in [0.2, 0.25) is 5.02 Å². The van der Waals surface area contributed by atoms with Gasteiger partial charge in [0, 0.05) is 29.7 Å². The van der Waals surface area contributed by atoms with Crippen molar-refractivity contribution >= 4 is 33.2 Å². The van der Waals surface area contributed by atoms with Gasteiger partial charge in [0.25, 0.3) is 0 Å². The molecule has 0 spiro atoms. The van der Waals surface area contributed by atoms with E-state index in [4.69, 9.17) is 16.3 Å². The van der Waals surface area contributed by atoms with Crippen molar-refractivity contribution in [3.05, 3.63) is 52.5 Å². The summed E-state index contributed by atoms with van der Waals surface area (Å²) in [5, 5.41) is 3.49. The molecule has 2 aromatic carbocycles. The van der Waals surface area contributed by atoms with Crippen molar-refractivity contribution < 1.29 is 17.9 Å². The van der Waals surface area contributed by atoms with Crippen molar-refractivity contribution in [1.82, 2.24) is 4.31 Å². The molecule has 0 aromatic heterocycles. The van der Waals surface area contributed by atoms with E-state index in [1.165, 1.54) is 11.4 Å². The van der Waals surface area contributed by atoms with Gasteiger partial charge in [-0.3, -0.25) is 4.79 Å². The van der Waals surface area contributed by atoms with Gasteiger partial charge < -0.3 is 10.1 Å². The number of halogens is 1. The number of carbonyl (C=O) groups excluding carboxylic acids is 1. The van der Waals surface area contributed by atoms with Crippen LogP contribution in [0, 0.1) is 12.8 Å². The minimum Gasteiger partial charge on any atom is -0.495 e. The number of aryl methyl sites for hydroxylation is 1. The number of amides is 1. The molecule has 31 heavy (non-hydrogen) atoms. The highest BCUT2D eigenvalue weighted by atomic mass is 35.5. The standard InChI is InChI=1S/C23H29ClN2O4S/c1-15(2)18-6-8-21(30-4)22(13-18)31(28,29)26-11-9-17(10-12-26)23(27)25-19-7-5-16(3)20(24)14-19/h5-8,13-15,17H,9-12H2,1-4H3,(H,25,27). The highest BCUT2D eigenvalue weighted by Gasteiger charge is 2.34. The van der Waals surface area contributed by atoms with Crippen LogP contribution in [0.5, 0.6) is 5.75 Å². The van der Waals surface area contributed by atoms with Crippen LogP contribution < -0.4 is 10.1 Å². The van der Waals surface area contributed by atoms with E-state index in [1.54, 1.807) is 18.2 Å². The van der Waals surface area contributed by atoms with Gasteiger partial charge in [0.15, 0.2) is 0 Å². The fourth-order valence-electron chi connectivity index (χ4n) is 3.67. The Morgan fingerprint density at radius 3 is 2.42 bits per heavy atom. The lowest BCUT2D eigenvalue weighted by atomic mass is 9.97. The molecule has 0 bridgehead atoms. The molecule has 0 radical (unpaired) electrons. The van der Waals surface area contributed by atoms with Crippen LogP contribution in [0.15, 0.2) is 41.3 Å². The predicted molar refractivity (Wildman–Crippen MR) is 123 cm³/mol. The fraction of sp³-hybridized carbons (Fsp3) is 0.435. The predicted octanol–water partition coefficient (Wildman–Crippen LogP) is 4.82. The van der Waals surface area contributed by atoms with Gasteiger partial charge in [-0.2, -0.15) is 4.31 Å². The maximum Gasteiger partial charge on any atom is 0.246 e. The molecule has 3 rings (SSSR count). The summed E-state index contributed by atoms with van der Waals surface area (Å²) < 4.78 is 33.4. The number of hydrogen-bond acceptors (Lipinski definition) is 4. The number of piperidine rings is 1. The molecule has 1 saturated heterocycles. The third-order valence-electron chi connectivity index (χ3n) is 5.74. The van der Waals surface area contributed by atoms with Gasteiger partial charge in [-0.15, -0.1) is 0 Å². The Kier molecular flexibility index (Phi) is 7.29. The Balaban J connectivity index is 1.70. The van der Waals surface area contributed by atoms with E-state index >= 15 is 0 Å². The van der Waals surface area contributed by atoms with E-state index in [1.807, 2.05) is 39.0 Å². The molecule has 1 N–H and O–H groups in total. The molecule has 1 heterocycles. The third kappa shape index (κ3) is 5.22. The van der Waals surface area contributed by atoms with Crippen LogP contribution in [0.25, 0.3) is 0 Å². The van der Waals surface area contributed by atoms with Crippen LogP contribution in [0.4, 0.5) is 5.69 Å². The maximum atomic E-state index is 13.3. The van der Waals surface area contributed by atoms with Crippen molar-refractivity contribution in [2.24, 2.45) is 5.92 Å². The number of nitrogens with zero attached hydrogens (tertiary/aromatic N) is 1. The van der Waals surface area contributed by atoms with Gasteiger partial charge in [0.2, 0.25) is 15.9 Å². The zero-order valence-electron chi connectivity index (χ0n) is 18.3. The smallest absolute Gasteiger partial charge is 0.246 e. The molecular formula is C23H29ClN2O4S. The van der Waals surface area contributed by atoms with Crippen molar-refractivity contribution in [1.29, 1.82) is 0 Å². The first-order valence-corrected chi connectivity index (χ1v) is 12.2. The summed E-state index contributed by atoms with van der Waals surface area (Å²) in [4.78, 5) is 12.8. The summed E-state index contributed by atoms with van der Waals surface area (Å²) in [6.07, 6.45) is 0.910. The zero-order chi connectivity index (χ0) is 22.8. The van der Waals surface area contributed by atoms with Gasteiger partial charge in [-0.1, -0.05) is 37.6 Å². The largest absolute Gasteiger partial charge is 0.495 e. The van der Waals surface area contributed by atoms with Crippen LogP contribution in [-0.2, 0) is 14.8 Å². The molecule has 2 aromatic rings. The highest BCUT2D eigenvalue weighted by Crippen LogP contribution is 2.32. The molecule has 1 aliphatic rings. The Morgan fingerprint density at radius 1 is 1.16 bits per heavy atom. The minimum atomic E-state index is -3.72. The van der Waals surface area contributed by atoms with E-state index < -0.39 is 10.0 Å². The van der Waals surface area contributed by atoms with Crippen LogP contribution in [0.3, 0.4) is 0 Å². The SMILES string of the molecule is COc1ccc(C(C)C)cc1S(=O)(=O)N1CCC(C(=O)Nc2ccc(C)c(Cl)c2)CC1. The number of methoxy groups -OCH3 is 1. The quantitative estimate of drug-likeness (QED) is 0.664. The first kappa shape index (κ1) is 23.6. The first-order chi connectivity index (χ1) is 14.6. The zero-order valence-corrected chi connectivity index (χ0v) is 19.9. The Labute approximate surface area is 189 Å². The molecule has 0 atom stereocenters. The lowest BCUT2D eigenvalue weighted by Gasteiger charge is -2.31. The lowest BCUT2D eigenvalue weighted by molar-refractivity contribution is -0.120. The molecule has 168 valence electrons. The summed E-state index contributed by atoms with van der Waals surface area (Å²) in [5.41, 5.74) is 2.52. The number of hydrogen-bond donors (Lipinski definition) is 1. The second kappa shape index (κ2) is 9.59. The normalized spacial score (nSPS) is 15.8. The third-order valence-corrected chi connectivity index (χ3v) is 8.06. The van der Waals surface area contributed by atoms with Gasteiger partial charge in [-0.05, 0) is 61.1 Å². The molecule has 0 aliphatic carbocycles. The van der Waals surface area contributed by atoms with E-state index in [0.29, 0.717) is 29.3 Å². The Bertz CT molecular complexity index is 1060. The van der Waals surface area contributed by atoms with Gasteiger partial charge >= 0.3 is 0 Å². The average molecular weight is 465 g/mol. The topological polar surface area (TPSA) is 75.7 Å². The van der Waals surface area contributed by atoms with Crippen LogP contribution >= 0.6 is 11.6 Å². The molecule has 8 heteroatoms. The summed E-state index contributed by atoms with van der Waals surface area (Å²) in [7, 11) is -2.25. The number of benzene rings is 2. The molecule has 1 fully saturated rings. The number of anilines is 1. The van der Waals surface area contributed by atoms with Crippen molar-refractivity contribution in [2.75, 3.05) is 25.5 Å². The number of ether oxygens (including phenoxy) is 1. The van der Waals surface area contributed by atoms with Crippen molar-refractivity contribution in [2.45, 2.75) is 44.4 Å². The average Bonchev–Trinajstić information content (AvgIpc) is 2.75. The second-order valence-corrected chi connectivity index (χ2v) is 10.5. The molecule has 0 saturated carbocycles. The Hall–Kier alpha value is -2.09. The van der Waals surface area contributed by atoms with Crippen molar-refractivity contribution in [3.8, 4) is 5.75 Å². The van der Waals surface area contributed by atoms with Crippen molar-refractivity contribution in [3.63, 3.8) is 0 Å². The van der Waals surface area contributed by atoms with E-state index in [0.717, 1.165) is 11.1 Å². The van der Waals surface area contributed by atoms with E-state index in [9.17, 15) is 13.2 Å². The highest BCUT2D eigenvalue weighted by molar-refractivity contribution is 7.89. The molecule has 0 unspecified atom stereocenters. The second-order valence-electron chi connectivity index (χ2n) is 8.20. The fourth-order valence-corrected chi connectivity index (χ4v) is 5.51. The molecule has 6 nitrogen and oxygen atoms in total. The first-order valence-electron chi connectivity index (χ1n) is 10.4. The number of nitrogens with one attached hydrogen (secondary N) is 1. The van der Waals surface area contributed by atoms with E-state index in [-0.39, 0.29) is 35.7 Å². The molecular weight excluding hydrogens is 436 g/mol. The number of sulfonamides is 1. The van der Waals surface area contributed by atoms with Crippen LogP contribution in [-0.4, -0.2) is 38.8 Å². The van der Waals surface area contributed by atoms with Gasteiger partial charge in [0.1, 0.15) is 10.6 Å². The summed E-state index contributed by atoms with van der Waals surface area (Å²) in [5.74, 6) is 0.164. The molecule has 1 amide bonds. The summed E-state index contributed by atoms with van der Waals surface area (Å²) >= 11 is 6.13. The summed E-state index contributed by atoms with van der Waals surface area (Å²) in [6.45, 7) is 6.50. The van der Waals surface area contributed by atoms with Gasteiger partial charge in [0.05, 0.1) is 7.11 Å². The maximum absolute atomic E-state index is 13.3. The monoisotopic (exact) mass is 464 g/mol. The number of carbonyl (C=O) groups is 1. The molecule has 1 aliphatic heterocycles. The minimum absolute atomic E-state index is 0.114. The lowest BCUT2D eigenvalue weighted by Crippen LogP contribution is -2.41. The van der Waals surface area contributed by atoms with Gasteiger partial charge in [-0.25, -0.2) is 8.42 Å². The summed E-state index contributed by atoms with van der Waals surface area (Å²) in [6, 6.07) is 10.7. The number of rotatable bonds is 6. The Morgan fingerprint density at radius 2 is 1.84 bits per heavy atom. The van der Waals surface area contributed by atoms with Crippen LogP contribution in [0.1, 0.15) is 43.7 Å².